The number of aryl methyl sites for hydroxylation is 2. The second-order valence-electron chi connectivity index (χ2n) is 5.51. The quantitative estimate of drug-likeness (QED) is 0.737. The van der Waals surface area contributed by atoms with Gasteiger partial charge in [0, 0.05) is 4.47 Å². The molecule has 0 saturated carbocycles. The standard InChI is InChI=1S/C19H24BrN/c1-4-7-15-8-6-9-16(13-15)19(21-5-2)17-11-10-14(3)12-18(17)20/h6,8-13,19,21H,4-5,7H2,1-3H3. The van der Waals surface area contributed by atoms with Crippen molar-refractivity contribution in [1.82, 2.24) is 5.32 Å². The SMILES string of the molecule is CCCc1cccc(C(NCC)c2ccc(C)cc2Br)c1. The van der Waals surface area contributed by atoms with Gasteiger partial charge in [0.05, 0.1) is 6.04 Å². The lowest BCUT2D eigenvalue weighted by Crippen LogP contribution is -2.22. The van der Waals surface area contributed by atoms with Crippen LogP contribution in [-0.2, 0) is 6.42 Å². The molecule has 0 aliphatic rings. The molecular formula is C19H24BrN. The van der Waals surface area contributed by atoms with Crippen LogP contribution < -0.4 is 5.32 Å². The zero-order valence-electron chi connectivity index (χ0n) is 13.1. The molecule has 0 aliphatic carbocycles. The number of hydrogen-bond acceptors (Lipinski definition) is 1. The van der Waals surface area contributed by atoms with Gasteiger partial charge < -0.3 is 5.32 Å². The third-order valence-electron chi connectivity index (χ3n) is 3.70. The maximum absolute atomic E-state index is 3.72. The molecule has 0 spiro atoms. The summed E-state index contributed by atoms with van der Waals surface area (Å²) < 4.78 is 1.18. The summed E-state index contributed by atoms with van der Waals surface area (Å²) in [7, 11) is 0. The molecule has 0 fully saturated rings. The summed E-state index contributed by atoms with van der Waals surface area (Å²) in [4.78, 5) is 0. The van der Waals surface area contributed by atoms with Crippen LogP contribution in [0, 0.1) is 6.92 Å². The van der Waals surface area contributed by atoms with E-state index in [1.807, 2.05) is 0 Å². The minimum atomic E-state index is 0.238. The Labute approximate surface area is 136 Å². The minimum Gasteiger partial charge on any atom is -0.306 e. The third kappa shape index (κ3) is 4.18. The van der Waals surface area contributed by atoms with Crippen LogP contribution in [0.4, 0.5) is 0 Å². The van der Waals surface area contributed by atoms with E-state index in [0.717, 1.165) is 13.0 Å². The first-order valence-electron chi connectivity index (χ1n) is 7.74. The van der Waals surface area contributed by atoms with Crippen molar-refractivity contribution in [3.05, 3.63) is 69.2 Å². The van der Waals surface area contributed by atoms with Gasteiger partial charge in [-0.3, -0.25) is 0 Å². The summed E-state index contributed by atoms with van der Waals surface area (Å²) in [5.74, 6) is 0. The topological polar surface area (TPSA) is 12.0 Å². The first-order valence-corrected chi connectivity index (χ1v) is 8.53. The average molecular weight is 346 g/mol. The molecule has 2 aromatic carbocycles. The Morgan fingerprint density at radius 3 is 2.57 bits per heavy atom. The molecule has 0 radical (unpaired) electrons. The predicted octanol–water partition coefficient (Wildman–Crippen LogP) is 5.41. The molecule has 112 valence electrons. The second-order valence-corrected chi connectivity index (χ2v) is 6.37. The van der Waals surface area contributed by atoms with E-state index in [1.54, 1.807) is 0 Å². The van der Waals surface area contributed by atoms with Gasteiger partial charge in [0.2, 0.25) is 0 Å². The van der Waals surface area contributed by atoms with Crippen molar-refractivity contribution < 1.29 is 0 Å². The Morgan fingerprint density at radius 1 is 1.10 bits per heavy atom. The normalized spacial score (nSPS) is 12.4. The largest absolute Gasteiger partial charge is 0.306 e. The minimum absolute atomic E-state index is 0.238. The fraction of sp³-hybridized carbons (Fsp3) is 0.368. The van der Waals surface area contributed by atoms with E-state index in [4.69, 9.17) is 0 Å². The fourth-order valence-corrected chi connectivity index (χ4v) is 3.42. The molecule has 1 atom stereocenters. The smallest absolute Gasteiger partial charge is 0.0587 e. The van der Waals surface area contributed by atoms with Gasteiger partial charge in [-0.25, -0.2) is 0 Å². The monoisotopic (exact) mass is 345 g/mol. The predicted molar refractivity (Wildman–Crippen MR) is 94.8 cm³/mol. The first kappa shape index (κ1) is 16.3. The van der Waals surface area contributed by atoms with Crippen LogP contribution in [0.1, 0.15) is 48.6 Å². The summed E-state index contributed by atoms with van der Waals surface area (Å²) in [6, 6.07) is 15.8. The van der Waals surface area contributed by atoms with Crippen LogP contribution >= 0.6 is 15.9 Å². The lowest BCUT2D eigenvalue weighted by atomic mass is 9.95. The number of hydrogen-bond donors (Lipinski definition) is 1. The van der Waals surface area contributed by atoms with E-state index in [1.165, 1.54) is 33.1 Å². The lowest BCUT2D eigenvalue weighted by molar-refractivity contribution is 0.627. The van der Waals surface area contributed by atoms with Crippen molar-refractivity contribution in [2.45, 2.75) is 39.7 Å². The third-order valence-corrected chi connectivity index (χ3v) is 4.39. The Hall–Kier alpha value is -1.12. The summed E-state index contributed by atoms with van der Waals surface area (Å²) in [6.07, 6.45) is 2.32. The molecule has 0 amide bonds. The lowest BCUT2D eigenvalue weighted by Gasteiger charge is -2.21. The van der Waals surface area contributed by atoms with Crippen molar-refractivity contribution in [1.29, 1.82) is 0 Å². The number of rotatable bonds is 6. The van der Waals surface area contributed by atoms with Crippen molar-refractivity contribution in [3.8, 4) is 0 Å². The molecule has 1 nitrogen and oxygen atoms in total. The van der Waals surface area contributed by atoms with Crippen molar-refractivity contribution in [2.75, 3.05) is 6.54 Å². The zero-order chi connectivity index (χ0) is 15.2. The van der Waals surface area contributed by atoms with Crippen LogP contribution in [-0.4, -0.2) is 6.54 Å². The van der Waals surface area contributed by atoms with Gasteiger partial charge in [0.15, 0.2) is 0 Å². The van der Waals surface area contributed by atoms with Gasteiger partial charge in [-0.05, 0) is 48.2 Å². The van der Waals surface area contributed by atoms with Crippen molar-refractivity contribution >= 4 is 15.9 Å². The Balaban J connectivity index is 2.40. The number of nitrogens with one attached hydrogen (secondary N) is 1. The molecule has 0 bridgehead atoms. The Morgan fingerprint density at radius 2 is 1.90 bits per heavy atom. The van der Waals surface area contributed by atoms with E-state index in [-0.39, 0.29) is 6.04 Å². The summed E-state index contributed by atoms with van der Waals surface area (Å²) in [6.45, 7) is 7.46. The molecule has 0 aliphatic heterocycles. The van der Waals surface area contributed by atoms with Gasteiger partial charge in [0.25, 0.3) is 0 Å². The molecule has 2 heteroatoms. The molecule has 2 rings (SSSR count). The first-order chi connectivity index (χ1) is 10.2. The van der Waals surface area contributed by atoms with Gasteiger partial charge >= 0.3 is 0 Å². The van der Waals surface area contributed by atoms with Gasteiger partial charge in [-0.1, -0.05) is 72.6 Å². The van der Waals surface area contributed by atoms with Gasteiger partial charge in [0.1, 0.15) is 0 Å². The highest BCUT2D eigenvalue weighted by atomic mass is 79.9. The maximum Gasteiger partial charge on any atom is 0.0587 e. The Kier molecular flexibility index (Phi) is 6.01. The van der Waals surface area contributed by atoms with Gasteiger partial charge in [-0.15, -0.1) is 0 Å². The Bertz CT molecular complexity index is 592. The molecule has 0 heterocycles. The van der Waals surface area contributed by atoms with Crippen LogP contribution in [0.15, 0.2) is 46.9 Å². The van der Waals surface area contributed by atoms with E-state index in [0.29, 0.717) is 0 Å². The molecular weight excluding hydrogens is 322 g/mol. The van der Waals surface area contributed by atoms with Crippen LogP contribution in [0.2, 0.25) is 0 Å². The van der Waals surface area contributed by atoms with Crippen LogP contribution in [0.25, 0.3) is 0 Å². The van der Waals surface area contributed by atoms with E-state index < -0.39 is 0 Å². The molecule has 0 saturated heterocycles. The maximum atomic E-state index is 3.72. The highest BCUT2D eigenvalue weighted by Crippen LogP contribution is 2.30. The fourth-order valence-electron chi connectivity index (χ4n) is 2.69. The van der Waals surface area contributed by atoms with E-state index >= 15 is 0 Å². The summed E-state index contributed by atoms with van der Waals surface area (Å²) in [5, 5.41) is 3.61. The number of benzene rings is 2. The summed E-state index contributed by atoms with van der Waals surface area (Å²) in [5.41, 5.74) is 5.34. The second kappa shape index (κ2) is 7.77. The van der Waals surface area contributed by atoms with Gasteiger partial charge in [-0.2, -0.15) is 0 Å². The molecule has 21 heavy (non-hydrogen) atoms. The van der Waals surface area contributed by atoms with Crippen molar-refractivity contribution in [3.63, 3.8) is 0 Å². The highest BCUT2D eigenvalue weighted by Gasteiger charge is 2.16. The summed E-state index contributed by atoms with van der Waals surface area (Å²) >= 11 is 3.72. The molecule has 0 aromatic heterocycles. The average Bonchev–Trinajstić information content (AvgIpc) is 2.46. The number of halogens is 1. The van der Waals surface area contributed by atoms with Crippen LogP contribution in [0.3, 0.4) is 0 Å². The highest BCUT2D eigenvalue weighted by molar-refractivity contribution is 9.10. The molecule has 2 aromatic rings. The molecule has 1 N–H and O–H groups in total. The van der Waals surface area contributed by atoms with E-state index in [9.17, 15) is 0 Å². The van der Waals surface area contributed by atoms with E-state index in [2.05, 4.69) is 84.5 Å². The van der Waals surface area contributed by atoms with Crippen molar-refractivity contribution in [2.24, 2.45) is 0 Å². The van der Waals surface area contributed by atoms with Crippen LogP contribution in [0.5, 0.6) is 0 Å². The molecule has 1 unspecified atom stereocenters. The zero-order valence-corrected chi connectivity index (χ0v) is 14.7.